The molecule has 2 atom stereocenters. The van der Waals surface area contributed by atoms with Crippen LogP contribution in [0.25, 0.3) is 11.1 Å². The molecule has 0 spiro atoms. The predicted molar refractivity (Wildman–Crippen MR) is 227 cm³/mol. The number of hydrogen-bond donors (Lipinski definition) is 0. The third-order valence-electron chi connectivity index (χ3n) is 9.13. The van der Waals surface area contributed by atoms with E-state index in [9.17, 15) is 9.59 Å². The van der Waals surface area contributed by atoms with Crippen LogP contribution in [0.15, 0.2) is 32.5 Å². The molecule has 0 fully saturated rings. The van der Waals surface area contributed by atoms with Crippen molar-refractivity contribution < 1.29 is 19.1 Å². The van der Waals surface area contributed by atoms with Gasteiger partial charge in [-0.3, -0.25) is 0 Å². The Morgan fingerprint density at radius 1 is 0.655 bits per heavy atom. The quantitative estimate of drug-likeness (QED) is 0.0327. The summed E-state index contributed by atoms with van der Waals surface area (Å²) in [5.41, 5.74) is 3.08. The van der Waals surface area contributed by atoms with Crippen LogP contribution in [-0.2, 0) is 33.2 Å². The van der Waals surface area contributed by atoms with E-state index in [0.29, 0.717) is 23.2 Å². The van der Waals surface area contributed by atoms with Crippen LogP contribution in [0.5, 0.6) is 0 Å². The summed E-state index contributed by atoms with van der Waals surface area (Å²) in [6, 6.07) is 0. The van der Waals surface area contributed by atoms with Gasteiger partial charge in [-0.15, -0.1) is 33.7 Å². The van der Waals surface area contributed by atoms with E-state index >= 15 is 0 Å². The fraction of sp³-hybridized carbons (Fsp3) is 0.647. The third-order valence-corrected chi connectivity index (χ3v) is 14.8. The summed E-state index contributed by atoms with van der Waals surface area (Å²) < 4.78 is 32.7. The lowest BCUT2D eigenvalue weighted by Crippen LogP contribution is -2.28. The maximum atomic E-state index is 13.2. The maximum Gasteiger partial charge on any atom is 0.418 e. The lowest BCUT2D eigenvalue weighted by molar-refractivity contribution is -0.169. The molecule has 6 heterocycles. The fourth-order valence-electron chi connectivity index (χ4n) is 6.09. The summed E-state index contributed by atoms with van der Waals surface area (Å²) in [6.45, 7) is 3.88. The summed E-state index contributed by atoms with van der Waals surface area (Å²) in [5, 5.41) is 26.2. The first-order valence-electron chi connectivity index (χ1n) is 19.1. The van der Waals surface area contributed by atoms with E-state index in [2.05, 4.69) is 84.6 Å². The standard InChI is InChI=1S/C34H48N14O4S6/c1-45-17-11-13-23(21-45)27-29(39-57-37-27)53-19-9-5-7-15-25(55-33-35-41-43-47(33)3)51-31(49)32(50)52-26(56-34-36-42-44-48(34)4)16-8-6-10-20-54-30-28(38-58-40-30)24-14-12-18-46(2)22-24/h13-14,25-26H,5-12,15-22H2,1-4H3. The molecule has 0 aromatic carbocycles. The molecule has 4 aromatic rings. The number of esters is 2. The van der Waals surface area contributed by atoms with Gasteiger partial charge in [-0.05, 0) is 132 Å². The lowest BCUT2D eigenvalue weighted by Gasteiger charge is -2.22. The summed E-state index contributed by atoms with van der Waals surface area (Å²) in [4.78, 5) is 31.1. The molecule has 6 rings (SSSR count). The van der Waals surface area contributed by atoms with Crippen molar-refractivity contribution in [2.75, 3.05) is 51.8 Å². The number of carbonyl (C=O) groups excluding carboxylic acids is 2. The molecule has 2 aliphatic rings. The van der Waals surface area contributed by atoms with E-state index in [4.69, 9.17) is 9.47 Å². The SMILES string of the molecule is CN1CCC=C(c2nsnc2SCCCCCC(OC(=O)C(=O)OC(CCCCCSc2nsnc2C2=CCCN(C)C2)Sc2nnnn2C)Sc2nnnn2C)C1. The first-order valence-corrected chi connectivity index (χ1v) is 24.3. The van der Waals surface area contributed by atoms with E-state index < -0.39 is 22.8 Å². The van der Waals surface area contributed by atoms with Gasteiger partial charge in [0.2, 0.25) is 10.3 Å². The lowest BCUT2D eigenvalue weighted by atomic mass is 10.1. The number of tetrazole rings is 2. The van der Waals surface area contributed by atoms with Crippen LogP contribution < -0.4 is 0 Å². The number of hydrogen-bond acceptors (Lipinski definition) is 22. The second-order valence-corrected chi connectivity index (χ2v) is 19.3. The Kier molecular flexibility index (Phi) is 17.8. The third kappa shape index (κ3) is 13.5. The first-order chi connectivity index (χ1) is 28.2. The van der Waals surface area contributed by atoms with Crippen molar-refractivity contribution in [3.63, 3.8) is 0 Å². The number of nitrogens with zero attached hydrogens (tertiary/aromatic N) is 14. The van der Waals surface area contributed by atoms with Gasteiger partial charge >= 0.3 is 11.9 Å². The zero-order chi connectivity index (χ0) is 40.7. The van der Waals surface area contributed by atoms with Crippen LogP contribution in [0.4, 0.5) is 0 Å². The highest BCUT2D eigenvalue weighted by Crippen LogP contribution is 2.32. The number of likely N-dealkylation sites (N-methyl/N-ethyl adjacent to an activating group) is 2. The minimum absolute atomic E-state index is 0.468. The van der Waals surface area contributed by atoms with Crippen molar-refractivity contribution in [3.8, 4) is 0 Å². The molecule has 2 aliphatic heterocycles. The molecule has 0 saturated heterocycles. The Labute approximate surface area is 363 Å². The number of rotatable bonds is 22. The average Bonchev–Trinajstić information content (AvgIpc) is 4.04. The Morgan fingerprint density at radius 3 is 1.50 bits per heavy atom. The molecule has 0 N–H and O–H groups in total. The number of carbonyl (C=O) groups is 2. The highest BCUT2D eigenvalue weighted by Gasteiger charge is 2.29. The molecular weight excluding hydrogens is 861 g/mol. The first kappa shape index (κ1) is 44.5. The summed E-state index contributed by atoms with van der Waals surface area (Å²) in [6.07, 6.45) is 12.7. The molecule has 2 unspecified atom stereocenters. The minimum atomic E-state index is -1.07. The minimum Gasteiger partial charge on any atom is -0.442 e. The predicted octanol–water partition coefficient (Wildman–Crippen LogP) is 5.20. The smallest absolute Gasteiger partial charge is 0.418 e. The normalized spacial score (nSPS) is 16.2. The largest absolute Gasteiger partial charge is 0.442 e. The number of aryl methyl sites for hydroxylation is 2. The van der Waals surface area contributed by atoms with Gasteiger partial charge in [0.1, 0.15) is 21.4 Å². The summed E-state index contributed by atoms with van der Waals surface area (Å²) >= 11 is 8.34. The molecule has 0 amide bonds. The summed E-state index contributed by atoms with van der Waals surface area (Å²) in [5.74, 6) is -0.366. The van der Waals surface area contributed by atoms with Crippen LogP contribution >= 0.6 is 70.5 Å². The summed E-state index contributed by atoms with van der Waals surface area (Å²) in [7, 11) is 7.66. The maximum absolute atomic E-state index is 13.2. The molecule has 0 radical (unpaired) electrons. The van der Waals surface area contributed by atoms with Gasteiger partial charge in [0.15, 0.2) is 10.9 Å². The van der Waals surface area contributed by atoms with Crippen molar-refractivity contribution in [3.05, 3.63) is 23.5 Å². The van der Waals surface area contributed by atoms with E-state index in [1.165, 1.54) is 67.5 Å². The van der Waals surface area contributed by atoms with Gasteiger partial charge in [-0.2, -0.15) is 17.5 Å². The Hall–Kier alpha value is -3.00. The topological polar surface area (TPSA) is 198 Å². The average molecular weight is 909 g/mol. The van der Waals surface area contributed by atoms with Crippen LogP contribution in [0.3, 0.4) is 0 Å². The van der Waals surface area contributed by atoms with Crippen molar-refractivity contribution in [2.24, 2.45) is 14.1 Å². The molecule has 58 heavy (non-hydrogen) atoms. The number of unbranched alkanes of at least 4 members (excludes halogenated alkanes) is 4. The monoisotopic (exact) mass is 908 g/mol. The van der Waals surface area contributed by atoms with E-state index in [1.807, 2.05) is 0 Å². The Balaban J connectivity index is 0.960. The fourth-order valence-corrected chi connectivity index (χ4v) is 11.4. The number of thioether (sulfide) groups is 4. The van der Waals surface area contributed by atoms with Crippen molar-refractivity contribution >= 4 is 93.6 Å². The van der Waals surface area contributed by atoms with Gasteiger partial charge in [-0.25, -0.2) is 19.0 Å². The van der Waals surface area contributed by atoms with Crippen LogP contribution in [0.2, 0.25) is 0 Å². The highest BCUT2D eigenvalue weighted by molar-refractivity contribution is 8.00. The van der Waals surface area contributed by atoms with Gasteiger partial charge < -0.3 is 19.3 Å². The molecule has 314 valence electrons. The second-order valence-electron chi connectivity index (χ2n) is 13.8. The zero-order valence-electron chi connectivity index (χ0n) is 33.0. The van der Waals surface area contributed by atoms with Gasteiger partial charge in [0, 0.05) is 40.3 Å². The van der Waals surface area contributed by atoms with E-state index in [0.717, 1.165) is 110 Å². The zero-order valence-corrected chi connectivity index (χ0v) is 37.9. The van der Waals surface area contributed by atoms with Crippen molar-refractivity contribution in [2.45, 2.75) is 95.4 Å². The Bertz CT molecular complexity index is 1850. The molecular formula is C34H48N14O4S6. The van der Waals surface area contributed by atoms with Crippen LogP contribution in [0.1, 0.15) is 75.6 Å². The second kappa shape index (κ2) is 23.1. The number of ether oxygens (including phenoxy) is 2. The van der Waals surface area contributed by atoms with Gasteiger partial charge in [-0.1, -0.05) is 25.0 Å². The molecule has 0 saturated carbocycles. The van der Waals surface area contributed by atoms with Crippen LogP contribution in [-0.4, -0.2) is 142 Å². The van der Waals surface area contributed by atoms with E-state index in [-0.39, 0.29) is 0 Å². The number of aromatic nitrogens is 12. The Morgan fingerprint density at radius 2 is 1.10 bits per heavy atom. The van der Waals surface area contributed by atoms with E-state index in [1.54, 1.807) is 37.6 Å². The molecule has 18 nitrogen and oxygen atoms in total. The molecule has 4 aromatic heterocycles. The van der Waals surface area contributed by atoms with Gasteiger partial charge in [0.25, 0.3) is 0 Å². The highest BCUT2D eigenvalue weighted by atomic mass is 32.2. The van der Waals surface area contributed by atoms with Crippen molar-refractivity contribution in [1.82, 2.24) is 67.7 Å². The molecule has 24 heteroatoms. The molecule has 0 bridgehead atoms. The van der Waals surface area contributed by atoms with Gasteiger partial charge in [0.05, 0.1) is 23.5 Å². The molecule has 0 aliphatic carbocycles. The van der Waals surface area contributed by atoms with Crippen molar-refractivity contribution in [1.29, 1.82) is 0 Å². The van der Waals surface area contributed by atoms with Crippen LogP contribution in [0, 0.1) is 0 Å².